The van der Waals surface area contributed by atoms with Gasteiger partial charge in [0.05, 0.1) is 44.6 Å². The van der Waals surface area contributed by atoms with E-state index in [-0.39, 0.29) is 10.8 Å². The predicted molar refractivity (Wildman–Crippen MR) is 299 cm³/mol. The van der Waals surface area contributed by atoms with E-state index in [4.69, 9.17) is 0 Å². The Bertz CT molecular complexity index is 4530. The second kappa shape index (κ2) is 14.7. The van der Waals surface area contributed by atoms with Gasteiger partial charge in [-0.25, -0.2) is 0 Å². The van der Waals surface area contributed by atoms with Crippen LogP contribution in [0.1, 0.15) is 78.8 Å². The van der Waals surface area contributed by atoms with Gasteiger partial charge in [0.25, 0.3) is 0 Å². The van der Waals surface area contributed by atoms with Crippen LogP contribution in [0.3, 0.4) is 0 Å². The summed E-state index contributed by atoms with van der Waals surface area (Å²) in [4.78, 5) is 0. The highest BCUT2D eigenvalue weighted by atomic mass is 15.1. The van der Waals surface area contributed by atoms with Gasteiger partial charge in [0, 0.05) is 49.0 Å². The minimum Gasteiger partial charge on any atom is -0.307 e. The minimum absolute atomic E-state index is 0.227. The molecule has 0 saturated heterocycles. The van der Waals surface area contributed by atoms with Crippen LogP contribution in [0.2, 0.25) is 0 Å². The number of hydrogen-bond acceptors (Lipinski definition) is 2. The van der Waals surface area contributed by atoms with Crippen molar-refractivity contribution in [3.63, 3.8) is 0 Å². The SMILES string of the molecule is CC1(C)c2ccccc2-c2cc(-c3c(-n4c5c(c6ccccc64)CCC=C5)c(C#N)c(-n4c5ccccc5c5c6c(ccc54)-c4ccccc4C6(C)C)c(C#N)c3-n3c4ccccc4c4ccccc43)ccc21. The molecular formula is C68H47N5. The highest BCUT2D eigenvalue weighted by molar-refractivity contribution is 6.16. The average Bonchev–Trinajstić information content (AvgIpc) is 4.18. The molecule has 0 amide bonds. The van der Waals surface area contributed by atoms with Crippen molar-refractivity contribution in [3.05, 3.63) is 227 Å². The van der Waals surface area contributed by atoms with Crippen LogP contribution in [0.15, 0.2) is 182 Å². The van der Waals surface area contributed by atoms with Crippen LogP contribution in [0, 0.1) is 22.7 Å². The summed E-state index contributed by atoms with van der Waals surface area (Å²) in [5.74, 6) is 0. The topological polar surface area (TPSA) is 62.4 Å². The summed E-state index contributed by atoms with van der Waals surface area (Å²) in [5.41, 5.74) is 21.3. The third-order valence-corrected chi connectivity index (χ3v) is 17.0. The summed E-state index contributed by atoms with van der Waals surface area (Å²) in [6.07, 6.45) is 6.33. The van der Waals surface area contributed by atoms with Crippen LogP contribution < -0.4 is 0 Å². The van der Waals surface area contributed by atoms with Crippen LogP contribution in [0.4, 0.5) is 0 Å². The zero-order chi connectivity index (χ0) is 49.1. The molecule has 0 atom stereocenters. The molecule has 5 heteroatoms. The lowest BCUT2D eigenvalue weighted by molar-refractivity contribution is 0.660. The quantitative estimate of drug-likeness (QED) is 0.176. The lowest BCUT2D eigenvalue weighted by Gasteiger charge is -2.27. The van der Waals surface area contributed by atoms with Gasteiger partial charge in [0.15, 0.2) is 0 Å². The Kier molecular flexibility index (Phi) is 8.38. The number of hydrogen-bond donors (Lipinski definition) is 0. The molecule has 0 radical (unpaired) electrons. The van der Waals surface area contributed by atoms with Gasteiger partial charge in [-0.05, 0) is 111 Å². The molecule has 0 N–H and O–H groups in total. The summed E-state index contributed by atoms with van der Waals surface area (Å²) >= 11 is 0. The van der Waals surface area contributed by atoms with Gasteiger partial charge in [-0.15, -0.1) is 0 Å². The first kappa shape index (κ1) is 41.6. The third kappa shape index (κ3) is 5.28. The first-order valence-electron chi connectivity index (χ1n) is 25.5. The van der Waals surface area contributed by atoms with E-state index in [0.29, 0.717) is 16.8 Å². The Hall–Kier alpha value is -9.16. The van der Waals surface area contributed by atoms with Crippen molar-refractivity contribution in [2.75, 3.05) is 0 Å². The smallest absolute Gasteiger partial charge is 0.104 e. The monoisotopic (exact) mass is 933 g/mol. The van der Waals surface area contributed by atoms with E-state index in [1.165, 1.54) is 49.9 Å². The molecule has 0 unspecified atom stereocenters. The molecule has 0 aliphatic heterocycles. The molecule has 3 aliphatic rings. The van der Waals surface area contributed by atoms with E-state index in [2.05, 4.69) is 242 Å². The zero-order valence-electron chi connectivity index (χ0n) is 41.0. The van der Waals surface area contributed by atoms with Crippen LogP contribution in [0.5, 0.6) is 0 Å². The Morgan fingerprint density at radius 1 is 0.438 bits per heavy atom. The predicted octanol–water partition coefficient (Wildman–Crippen LogP) is 16.8. The van der Waals surface area contributed by atoms with E-state index in [9.17, 15) is 10.5 Å². The van der Waals surface area contributed by atoms with Crippen molar-refractivity contribution >= 4 is 60.6 Å². The molecule has 0 spiro atoms. The first-order chi connectivity index (χ1) is 35.7. The van der Waals surface area contributed by atoms with E-state index >= 15 is 0 Å². The Labute approximate surface area is 423 Å². The fraction of sp³-hybridized carbons (Fsp3) is 0.118. The molecule has 3 aromatic heterocycles. The molecule has 0 bridgehead atoms. The lowest BCUT2D eigenvalue weighted by atomic mass is 9.80. The van der Waals surface area contributed by atoms with Crippen LogP contribution >= 0.6 is 0 Å². The fourth-order valence-electron chi connectivity index (χ4n) is 13.9. The van der Waals surface area contributed by atoms with Crippen molar-refractivity contribution in [3.8, 4) is 62.6 Å². The molecule has 73 heavy (non-hydrogen) atoms. The van der Waals surface area contributed by atoms with E-state index in [1.54, 1.807) is 0 Å². The standard InChI is InChI=1S/C68H47N5/c1-67(2)52-26-12-6-20-42(52)49-37-40(33-35-54(49)67)61-65(71-55-28-14-7-21-43(55)44-22-8-15-29-56(44)71)50(38-69)64(51(39-70)66(61)72-57-30-16-9-23-45(57)46-24-10-17-31-58(46)72)73-59-32-18-11-25-48(59)62-60(73)36-34-47-41-19-5-13-27-53(41)68(3,4)63(47)62/h5-9,11-23,25-37H,10,24H2,1-4H3. The van der Waals surface area contributed by atoms with Crippen LogP contribution in [0.25, 0.3) is 111 Å². The van der Waals surface area contributed by atoms with Crippen molar-refractivity contribution in [1.82, 2.24) is 13.7 Å². The highest BCUT2D eigenvalue weighted by Gasteiger charge is 2.41. The van der Waals surface area contributed by atoms with Crippen molar-refractivity contribution in [1.29, 1.82) is 10.5 Å². The number of aromatic nitrogens is 3. The van der Waals surface area contributed by atoms with Gasteiger partial charge in [0.1, 0.15) is 23.3 Å². The first-order valence-corrected chi connectivity index (χ1v) is 25.5. The number of nitrogens with zero attached hydrogens (tertiary/aromatic N) is 5. The summed E-state index contributed by atoms with van der Waals surface area (Å²) < 4.78 is 6.96. The van der Waals surface area contributed by atoms with Crippen molar-refractivity contribution in [2.45, 2.75) is 51.4 Å². The third-order valence-electron chi connectivity index (χ3n) is 17.0. The number of nitriles is 2. The molecule has 344 valence electrons. The molecule has 9 aromatic carbocycles. The second-order valence-electron chi connectivity index (χ2n) is 21.3. The molecule has 15 rings (SSSR count). The number of benzene rings is 9. The highest BCUT2D eigenvalue weighted by Crippen LogP contribution is 2.56. The number of aryl methyl sites for hydroxylation is 1. The van der Waals surface area contributed by atoms with E-state index in [1.807, 2.05) is 0 Å². The van der Waals surface area contributed by atoms with Gasteiger partial charge in [0.2, 0.25) is 0 Å². The maximum atomic E-state index is 12.5. The normalized spacial score (nSPS) is 14.6. The summed E-state index contributed by atoms with van der Waals surface area (Å²) in [5, 5.41) is 30.5. The molecule has 0 saturated carbocycles. The molecule has 3 heterocycles. The summed E-state index contributed by atoms with van der Waals surface area (Å²) in [7, 11) is 0. The molecule has 3 aliphatic carbocycles. The van der Waals surface area contributed by atoms with Crippen LogP contribution in [-0.2, 0) is 17.3 Å². The van der Waals surface area contributed by atoms with Gasteiger partial charge in [-0.1, -0.05) is 173 Å². The number of para-hydroxylation sites is 4. The fourth-order valence-corrected chi connectivity index (χ4v) is 13.9. The lowest BCUT2D eigenvalue weighted by Crippen LogP contribution is -2.16. The molecule has 0 fully saturated rings. The Balaban J connectivity index is 1.20. The summed E-state index contributed by atoms with van der Waals surface area (Å²) in [6.45, 7) is 9.30. The van der Waals surface area contributed by atoms with E-state index in [0.717, 1.165) is 95.7 Å². The van der Waals surface area contributed by atoms with E-state index < -0.39 is 0 Å². The number of rotatable bonds is 4. The van der Waals surface area contributed by atoms with Gasteiger partial charge >= 0.3 is 0 Å². The van der Waals surface area contributed by atoms with Gasteiger partial charge in [-0.3, -0.25) is 0 Å². The second-order valence-corrected chi connectivity index (χ2v) is 21.3. The van der Waals surface area contributed by atoms with Gasteiger partial charge in [-0.2, -0.15) is 10.5 Å². The molecule has 12 aromatic rings. The van der Waals surface area contributed by atoms with Crippen molar-refractivity contribution in [2.24, 2.45) is 0 Å². The molecular weight excluding hydrogens is 887 g/mol. The average molecular weight is 934 g/mol. The number of fused-ring (bicyclic) bond motifs is 16. The summed E-state index contributed by atoms with van der Waals surface area (Å²) in [6, 6.07) is 69.2. The van der Waals surface area contributed by atoms with Crippen LogP contribution in [-0.4, -0.2) is 13.7 Å². The largest absolute Gasteiger partial charge is 0.307 e. The Morgan fingerprint density at radius 3 is 1.60 bits per heavy atom. The van der Waals surface area contributed by atoms with Crippen molar-refractivity contribution < 1.29 is 0 Å². The zero-order valence-corrected chi connectivity index (χ0v) is 41.0. The Morgan fingerprint density at radius 2 is 0.945 bits per heavy atom. The molecule has 5 nitrogen and oxygen atoms in total. The minimum atomic E-state index is -0.324. The maximum absolute atomic E-state index is 12.5. The number of allylic oxidation sites excluding steroid dienone is 1. The maximum Gasteiger partial charge on any atom is 0.104 e. The van der Waals surface area contributed by atoms with Gasteiger partial charge < -0.3 is 13.7 Å².